The van der Waals surface area contributed by atoms with Gasteiger partial charge in [-0.05, 0) is 0 Å². The standard InChI is InChI=1S/C23H24O10/c1-4-18(25)31-23(32-19(26)5-2,33-20(27)6-3)17-12-15(24)21-16(29-17)13-28-22(30-21)14-10-8-7-9-11-14/h7-12,22H,4-6,13H2,1-3H3. The van der Waals surface area contributed by atoms with Crippen LogP contribution in [0.2, 0.25) is 0 Å². The van der Waals surface area contributed by atoms with Crippen molar-refractivity contribution in [1.82, 2.24) is 0 Å². The van der Waals surface area contributed by atoms with Gasteiger partial charge in [-0.1, -0.05) is 51.1 Å². The van der Waals surface area contributed by atoms with E-state index in [1.807, 2.05) is 6.07 Å². The third-order valence-corrected chi connectivity index (χ3v) is 4.55. The summed E-state index contributed by atoms with van der Waals surface area (Å²) in [6, 6.07) is 9.85. The van der Waals surface area contributed by atoms with E-state index < -0.39 is 41.4 Å². The molecule has 3 rings (SSSR count). The first-order valence-electron chi connectivity index (χ1n) is 10.5. The van der Waals surface area contributed by atoms with Gasteiger partial charge in [0.05, 0.1) is 0 Å². The van der Waals surface area contributed by atoms with Gasteiger partial charge >= 0.3 is 23.9 Å². The number of carbonyl (C=O) groups excluding carboxylic acids is 3. The van der Waals surface area contributed by atoms with E-state index in [1.54, 1.807) is 24.3 Å². The van der Waals surface area contributed by atoms with Crippen LogP contribution in [0.3, 0.4) is 0 Å². The summed E-state index contributed by atoms with van der Waals surface area (Å²) in [5.41, 5.74) is 0.0131. The van der Waals surface area contributed by atoms with Gasteiger partial charge < -0.3 is 28.1 Å². The summed E-state index contributed by atoms with van der Waals surface area (Å²) in [6.45, 7) is 4.29. The summed E-state index contributed by atoms with van der Waals surface area (Å²) in [6.07, 6.45) is -1.23. The molecule has 0 amide bonds. The molecule has 0 spiro atoms. The highest BCUT2D eigenvalue weighted by Crippen LogP contribution is 2.36. The zero-order chi connectivity index (χ0) is 24.0. The van der Waals surface area contributed by atoms with E-state index in [9.17, 15) is 19.2 Å². The number of rotatable bonds is 8. The van der Waals surface area contributed by atoms with Gasteiger partial charge in [0.1, 0.15) is 6.61 Å². The molecule has 2 heterocycles. The molecule has 0 N–H and O–H groups in total. The fraction of sp³-hybridized carbons (Fsp3) is 0.391. The SMILES string of the molecule is CCC(=O)OC(OC(=O)CC)(OC(=O)CC)c1cc(=O)c2c(o1)COC(c1ccccc1)O2. The number of hydrogen-bond acceptors (Lipinski definition) is 10. The van der Waals surface area contributed by atoms with E-state index in [-0.39, 0.29) is 37.4 Å². The van der Waals surface area contributed by atoms with Gasteiger partial charge in [-0.3, -0.25) is 19.2 Å². The Kier molecular flexibility index (Phi) is 7.49. The van der Waals surface area contributed by atoms with Crippen molar-refractivity contribution in [2.45, 2.75) is 58.9 Å². The van der Waals surface area contributed by atoms with Gasteiger partial charge in [0.15, 0.2) is 5.76 Å². The average molecular weight is 460 g/mol. The molecule has 10 heteroatoms. The Bertz CT molecular complexity index is 1030. The third-order valence-electron chi connectivity index (χ3n) is 4.55. The van der Waals surface area contributed by atoms with E-state index in [1.165, 1.54) is 20.8 Å². The minimum Gasteiger partial charge on any atom is -0.453 e. The maximum absolute atomic E-state index is 12.9. The van der Waals surface area contributed by atoms with E-state index >= 15 is 0 Å². The van der Waals surface area contributed by atoms with Crippen LogP contribution in [-0.4, -0.2) is 17.9 Å². The monoisotopic (exact) mass is 460 g/mol. The summed E-state index contributed by atoms with van der Waals surface area (Å²) in [5.74, 6) is -5.99. The van der Waals surface area contributed by atoms with Crippen LogP contribution in [0, 0.1) is 0 Å². The smallest absolute Gasteiger partial charge is 0.453 e. The molecule has 176 valence electrons. The average Bonchev–Trinajstić information content (AvgIpc) is 2.83. The van der Waals surface area contributed by atoms with Gasteiger partial charge in [-0.15, -0.1) is 0 Å². The van der Waals surface area contributed by atoms with Gasteiger partial charge in [-0.2, -0.15) is 0 Å². The molecule has 10 nitrogen and oxygen atoms in total. The van der Waals surface area contributed by atoms with Crippen molar-refractivity contribution >= 4 is 17.9 Å². The first-order chi connectivity index (χ1) is 15.8. The molecule has 0 radical (unpaired) electrons. The van der Waals surface area contributed by atoms with E-state index in [0.717, 1.165) is 6.07 Å². The van der Waals surface area contributed by atoms with Crippen LogP contribution < -0.4 is 10.2 Å². The quantitative estimate of drug-likeness (QED) is 0.428. The van der Waals surface area contributed by atoms with Crippen LogP contribution in [0.5, 0.6) is 5.75 Å². The van der Waals surface area contributed by atoms with Crippen molar-refractivity contribution in [1.29, 1.82) is 0 Å². The molecular weight excluding hydrogens is 436 g/mol. The second kappa shape index (κ2) is 10.3. The van der Waals surface area contributed by atoms with E-state index in [2.05, 4.69) is 0 Å². The van der Waals surface area contributed by atoms with E-state index in [0.29, 0.717) is 5.56 Å². The summed E-state index contributed by atoms with van der Waals surface area (Å²) in [7, 11) is 0. The molecule has 0 fully saturated rings. The van der Waals surface area contributed by atoms with Crippen molar-refractivity contribution in [3.05, 3.63) is 63.7 Å². The lowest BCUT2D eigenvalue weighted by molar-refractivity contribution is -0.348. The number of ether oxygens (including phenoxy) is 5. The second-order valence-corrected chi connectivity index (χ2v) is 6.94. The van der Waals surface area contributed by atoms with Gasteiger partial charge in [0.25, 0.3) is 0 Å². The molecule has 1 aromatic carbocycles. The molecule has 0 bridgehead atoms. The Balaban J connectivity index is 2.06. The van der Waals surface area contributed by atoms with Crippen LogP contribution in [0.15, 0.2) is 45.6 Å². The molecule has 1 aliphatic rings. The number of fused-ring (bicyclic) bond motifs is 1. The Hall–Kier alpha value is -3.66. The first kappa shape index (κ1) is 24.0. The molecule has 0 aliphatic carbocycles. The highest BCUT2D eigenvalue weighted by molar-refractivity contribution is 5.73. The maximum Gasteiger partial charge on any atom is 0.488 e. The van der Waals surface area contributed by atoms with Crippen LogP contribution in [0.25, 0.3) is 0 Å². The van der Waals surface area contributed by atoms with Crippen molar-refractivity contribution in [3.63, 3.8) is 0 Å². The van der Waals surface area contributed by atoms with Crippen molar-refractivity contribution < 1.29 is 42.5 Å². The van der Waals surface area contributed by atoms with Gasteiger partial charge in [0.2, 0.25) is 23.2 Å². The van der Waals surface area contributed by atoms with Crippen LogP contribution in [0.1, 0.15) is 63.4 Å². The zero-order valence-corrected chi connectivity index (χ0v) is 18.5. The predicted molar refractivity (Wildman–Crippen MR) is 110 cm³/mol. The van der Waals surface area contributed by atoms with Crippen molar-refractivity contribution in [3.8, 4) is 5.75 Å². The lowest BCUT2D eigenvalue weighted by Gasteiger charge is -2.31. The lowest BCUT2D eigenvalue weighted by Crippen LogP contribution is -2.42. The molecule has 33 heavy (non-hydrogen) atoms. The van der Waals surface area contributed by atoms with E-state index in [4.69, 9.17) is 28.1 Å². The van der Waals surface area contributed by atoms with Crippen LogP contribution in [-0.2, 0) is 45.9 Å². The van der Waals surface area contributed by atoms with Gasteiger partial charge in [0, 0.05) is 30.9 Å². The minimum atomic E-state index is -2.71. The molecule has 1 aliphatic heterocycles. The largest absolute Gasteiger partial charge is 0.488 e. The van der Waals surface area contributed by atoms with Crippen LogP contribution in [0.4, 0.5) is 0 Å². The fourth-order valence-electron chi connectivity index (χ4n) is 2.85. The predicted octanol–water partition coefficient (Wildman–Crippen LogP) is 3.22. The Morgan fingerprint density at radius 1 is 0.939 bits per heavy atom. The number of carbonyl (C=O) groups is 3. The minimum absolute atomic E-state index is 0.0540. The highest BCUT2D eigenvalue weighted by Gasteiger charge is 2.49. The zero-order valence-electron chi connectivity index (χ0n) is 18.5. The number of esters is 3. The highest BCUT2D eigenvalue weighted by atomic mass is 16.9. The number of hydrogen-bond donors (Lipinski definition) is 0. The third kappa shape index (κ3) is 5.40. The Labute approximate surface area is 189 Å². The topological polar surface area (TPSA) is 128 Å². The van der Waals surface area contributed by atoms with Crippen molar-refractivity contribution in [2.75, 3.05) is 0 Å². The summed E-state index contributed by atoms with van der Waals surface area (Å²) in [4.78, 5) is 49.3. The molecule has 1 aromatic heterocycles. The maximum atomic E-state index is 12.9. The lowest BCUT2D eigenvalue weighted by atomic mass is 10.2. The summed E-state index contributed by atoms with van der Waals surface area (Å²) in [5, 5.41) is 0. The van der Waals surface area contributed by atoms with Crippen molar-refractivity contribution in [2.24, 2.45) is 0 Å². The molecular formula is C23H24O10. The number of benzene rings is 1. The summed E-state index contributed by atoms with van der Waals surface area (Å²) < 4.78 is 32.6. The Morgan fingerprint density at radius 3 is 2.00 bits per heavy atom. The summed E-state index contributed by atoms with van der Waals surface area (Å²) >= 11 is 0. The normalized spacial score (nSPS) is 15.1. The molecule has 0 saturated carbocycles. The molecule has 1 unspecified atom stereocenters. The fourth-order valence-corrected chi connectivity index (χ4v) is 2.85. The first-order valence-corrected chi connectivity index (χ1v) is 10.5. The molecule has 1 atom stereocenters. The van der Waals surface area contributed by atoms with Gasteiger partial charge in [-0.25, -0.2) is 0 Å². The Morgan fingerprint density at radius 2 is 1.48 bits per heavy atom. The second-order valence-electron chi connectivity index (χ2n) is 6.94. The van der Waals surface area contributed by atoms with Crippen LogP contribution >= 0.6 is 0 Å². The molecule has 2 aromatic rings. The molecule has 0 saturated heterocycles.